The molecule has 0 saturated heterocycles. The molecule has 2 aliphatic heterocycles. The number of aryl methyl sites for hydroxylation is 4. The van der Waals surface area contributed by atoms with Crippen molar-refractivity contribution in [1.82, 2.24) is 0 Å². The van der Waals surface area contributed by atoms with E-state index in [9.17, 15) is 0 Å². The molecule has 0 spiro atoms. The summed E-state index contributed by atoms with van der Waals surface area (Å²) in [6.45, 7) is 8.59. The Hall–Kier alpha value is -1.10. The van der Waals surface area contributed by atoms with E-state index in [1.807, 2.05) is 94.1 Å². The molecular formula is C34H28S8. The van der Waals surface area contributed by atoms with Crippen molar-refractivity contribution >= 4 is 94.1 Å². The van der Waals surface area contributed by atoms with E-state index in [-0.39, 0.29) is 0 Å². The zero-order valence-electron chi connectivity index (χ0n) is 23.5. The smallest absolute Gasteiger partial charge is 0.0718 e. The molecule has 0 amide bonds. The minimum absolute atomic E-state index is 1.29. The number of benzene rings is 4. The van der Waals surface area contributed by atoms with Crippen molar-refractivity contribution in [3.05, 3.63) is 145 Å². The van der Waals surface area contributed by atoms with Gasteiger partial charge in [-0.1, -0.05) is 165 Å². The van der Waals surface area contributed by atoms with Gasteiger partial charge in [-0.3, -0.25) is 0 Å². The van der Waals surface area contributed by atoms with E-state index in [1.54, 1.807) is 0 Å². The predicted molar refractivity (Wildman–Crippen MR) is 200 cm³/mol. The van der Waals surface area contributed by atoms with Gasteiger partial charge < -0.3 is 0 Å². The summed E-state index contributed by atoms with van der Waals surface area (Å²) >= 11 is 15.3. The quantitative estimate of drug-likeness (QED) is 0.177. The molecule has 42 heavy (non-hydrogen) atoms. The summed E-state index contributed by atoms with van der Waals surface area (Å²) in [5, 5.41) is 0. The van der Waals surface area contributed by atoms with Crippen molar-refractivity contribution in [3.8, 4) is 0 Å². The zero-order valence-corrected chi connectivity index (χ0v) is 30.0. The summed E-state index contributed by atoms with van der Waals surface area (Å²) in [4.78, 5) is 5.14. The van der Waals surface area contributed by atoms with Crippen LogP contribution in [0, 0.1) is 27.7 Å². The van der Waals surface area contributed by atoms with Crippen LogP contribution in [-0.2, 0) is 0 Å². The van der Waals surface area contributed by atoms with E-state index in [4.69, 9.17) is 0 Å². The molecule has 212 valence electrons. The average Bonchev–Trinajstić information content (AvgIpc) is 3.57. The van der Waals surface area contributed by atoms with Crippen molar-refractivity contribution < 1.29 is 0 Å². The lowest BCUT2D eigenvalue weighted by Crippen LogP contribution is -1.76. The highest BCUT2D eigenvalue weighted by Gasteiger charge is 2.32. The van der Waals surface area contributed by atoms with E-state index in [1.165, 1.54) is 67.3 Å². The minimum atomic E-state index is 1.29. The highest BCUT2D eigenvalue weighted by Crippen LogP contribution is 2.68. The van der Waals surface area contributed by atoms with E-state index >= 15 is 0 Å². The maximum atomic E-state index is 2.24. The highest BCUT2D eigenvalue weighted by atomic mass is 32.3. The standard InChI is InChI=1S/C34H28S8/c1-21-5-13-25(14-6-21)35-29-30(36-26-15-7-22(2)8-16-26)40-33(39-29)34-41-31(37-27-17-9-23(3)10-18-27)32(42-34)38-28-19-11-24(4)12-20-28/h5-20H,1-4H3. The molecular weight excluding hydrogens is 665 g/mol. The van der Waals surface area contributed by atoms with Crippen LogP contribution in [0.15, 0.2) is 142 Å². The monoisotopic (exact) mass is 692 g/mol. The van der Waals surface area contributed by atoms with Crippen LogP contribution in [0.3, 0.4) is 0 Å². The van der Waals surface area contributed by atoms with Crippen LogP contribution in [0.5, 0.6) is 0 Å². The lowest BCUT2D eigenvalue weighted by Gasteiger charge is -2.06. The zero-order chi connectivity index (χ0) is 29.1. The summed E-state index contributed by atoms with van der Waals surface area (Å²) in [7, 11) is 0. The molecule has 4 aromatic rings. The molecule has 0 N–H and O–H groups in total. The van der Waals surface area contributed by atoms with Gasteiger partial charge in [-0.15, -0.1) is 0 Å². The van der Waals surface area contributed by atoms with Gasteiger partial charge in [-0.25, -0.2) is 0 Å². The van der Waals surface area contributed by atoms with Gasteiger partial charge in [0.25, 0.3) is 0 Å². The molecule has 0 aliphatic carbocycles. The Morgan fingerprint density at radius 1 is 0.310 bits per heavy atom. The third kappa shape index (κ3) is 8.13. The molecule has 0 atom stereocenters. The largest absolute Gasteiger partial charge is 0.0809 e. The van der Waals surface area contributed by atoms with E-state index < -0.39 is 0 Å². The first-order chi connectivity index (χ1) is 20.4. The van der Waals surface area contributed by atoms with E-state index in [0.717, 1.165) is 0 Å². The molecule has 2 heterocycles. The fourth-order valence-electron chi connectivity index (χ4n) is 3.82. The number of thioether (sulfide) groups is 8. The third-order valence-corrected chi connectivity index (χ3v) is 17.4. The fourth-order valence-corrected chi connectivity index (χ4v) is 15.2. The van der Waals surface area contributed by atoms with Crippen molar-refractivity contribution in [2.45, 2.75) is 47.3 Å². The first-order valence-electron chi connectivity index (χ1n) is 13.3. The van der Waals surface area contributed by atoms with Gasteiger partial charge in [0.2, 0.25) is 0 Å². The van der Waals surface area contributed by atoms with Crippen molar-refractivity contribution in [1.29, 1.82) is 0 Å². The van der Waals surface area contributed by atoms with E-state index in [0.29, 0.717) is 0 Å². The summed E-state index contributed by atoms with van der Waals surface area (Å²) in [5.74, 6) is 0. The van der Waals surface area contributed by atoms with Crippen LogP contribution in [0.25, 0.3) is 0 Å². The molecule has 0 fully saturated rings. The lowest BCUT2D eigenvalue weighted by atomic mass is 10.2. The first-order valence-corrected chi connectivity index (χ1v) is 19.8. The SMILES string of the molecule is Cc1ccc(SC2=C(Sc3ccc(C)cc3)SC(=C3SC(Sc4ccc(C)cc4)=C(Sc4ccc(C)cc4)S3)S2)cc1. The summed E-state index contributed by atoms with van der Waals surface area (Å²) in [6, 6.07) is 35.6. The molecule has 4 aromatic carbocycles. The molecule has 0 bridgehead atoms. The molecule has 0 aromatic heterocycles. The Morgan fingerprint density at radius 2 is 0.500 bits per heavy atom. The maximum absolute atomic E-state index is 2.24. The molecule has 0 nitrogen and oxygen atoms in total. The third-order valence-electron chi connectivity index (χ3n) is 6.17. The van der Waals surface area contributed by atoms with Gasteiger partial charge in [0, 0.05) is 19.6 Å². The number of hydrogen-bond donors (Lipinski definition) is 0. The fraction of sp³-hybridized carbons (Fsp3) is 0.118. The normalized spacial score (nSPS) is 15.3. The Labute approximate surface area is 283 Å². The second kappa shape index (κ2) is 14.3. The van der Waals surface area contributed by atoms with Crippen LogP contribution >= 0.6 is 94.1 Å². The van der Waals surface area contributed by atoms with E-state index in [2.05, 4.69) is 125 Å². The average molecular weight is 693 g/mol. The Kier molecular flexibility index (Phi) is 10.5. The van der Waals surface area contributed by atoms with Crippen LogP contribution in [0.2, 0.25) is 0 Å². The molecule has 0 radical (unpaired) electrons. The van der Waals surface area contributed by atoms with Crippen molar-refractivity contribution in [3.63, 3.8) is 0 Å². The number of hydrogen-bond acceptors (Lipinski definition) is 8. The Balaban J connectivity index is 1.28. The van der Waals surface area contributed by atoms with Crippen LogP contribution in [0.1, 0.15) is 22.3 Å². The van der Waals surface area contributed by atoms with Crippen LogP contribution in [0.4, 0.5) is 0 Å². The number of rotatable bonds is 8. The van der Waals surface area contributed by atoms with Gasteiger partial charge in [-0.2, -0.15) is 0 Å². The maximum Gasteiger partial charge on any atom is 0.0718 e. The lowest BCUT2D eigenvalue weighted by molar-refractivity contribution is 1.38. The Morgan fingerprint density at radius 3 is 0.690 bits per heavy atom. The molecule has 0 unspecified atom stereocenters. The first kappa shape index (κ1) is 30.9. The topological polar surface area (TPSA) is 0 Å². The van der Waals surface area contributed by atoms with Gasteiger partial charge >= 0.3 is 0 Å². The highest BCUT2D eigenvalue weighted by molar-refractivity contribution is 8.45. The molecule has 0 saturated carbocycles. The van der Waals surface area contributed by atoms with Crippen LogP contribution in [-0.4, -0.2) is 0 Å². The second-order valence-corrected chi connectivity index (χ2v) is 19.8. The van der Waals surface area contributed by atoms with Crippen molar-refractivity contribution in [2.24, 2.45) is 0 Å². The van der Waals surface area contributed by atoms with Gasteiger partial charge in [0.1, 0.15) is 0 Å². The van der Waals surface area contributed by atoms with Crippen LogP contribution < -0.4 is 0 Å². The summed E-state index contributed by atoms with van der Waals surface area (Å²) in [5.41, 5.74) is 5.17. The predicted octanol–water partition coefficient (Wildman–Crippen LogP) is 13.7. The van der Waals surface area contributed by atoms with Crippen molar-refractivity contribution in [2.75, 3.05) is 0 Å². The summed E-state index contributed by atoms with van der Waals surface area (Å²) < 4.78 is 8.23. The minimum Gasteiger partial charge on any atom is -0.0809 e. The summed E-state index contributed by atoms with van der Waals surface area (Å²) in [6.07, 6.45) is 0. The molecule has 2 aliphatic rings. The van der Waals surface area contributed by atoms with Gasteiger partial charge in [-0.05, 0) is 76.2 Å². The Bertz CT molecular complexity index is 1410. The molecule has 6 rings (SSSR count). The van der Waals surface area contributed by atoms with Gasteiger partial charge in [0.05, 0.1) is 25.4 Å². The van der Waals surface area contributed by atoms with Gasteiger partial charge in [0.15, 0.2) is 0 Å². The second-order valence-electron chi connectivity index (χ2n) is 9.79. The molecule has 8 heteroatoms.